The molecule has 2 heterocycles. The molecule has 0 spiro atoms. The number of nitrogens with zero attached hydrogens (tertiary/aromatic N) is 2. The second-order valence-corrected chi connectivity index (χ2v) is 11.5. The van der Waals surface area contributed by atoms with E-state index in [4.69, 9.17) is 14.2 Å². The summed E-state index contributed by atoms with van der Waals surface area (Å²) >= 11 is 1.38. The summed E-state index contributed by atoms with van der Waals surface area (Å²) in [7, 11) is -0.792. The number of amides is 1. The third-order valence-electron chi connectivity index (χ3n) is 6.13. The Hall–Kier alpha value is -2.35. The van der Waals surface area contributed by atoms with Crippen LogP contribution in [0.15, 0.2) is 29.2 Å². The summed E-state index contributed by atoms with van der Waals surface area (Å²) in [5.41, 5.74) is 1.62. The number of fused-ring (bicyclic) bond motifs is 1. The van der Waals surface area contributed by atoms with E-state index < -0.39 is 21.9 Å². The fourth-order valence-corrected chi connectivity index (χ4v) is 6.76. The lowest BCUT2D eigenvalue weighted by Crippen LogP contribution is -2.36. The molecule has 1 aliphatic heterocycles. The smallest absolute Gasteiger partial charge is 0.341 e. The molecule has 0 bridgehead atoms. The highest BCUT2D eigenvalue weighted by atomic mass is 32.2. The van der Waals surface area contributed by atoms with Crippen LogP contribution in [0, 0.1) is 0 Å². The van der Waals surface area contributed by atoms with Crippen molar-refractivity contribution in [3.63, 3.8) is 0 Å². The number of anilines is 1. The van der Waals surface area contributed by atoms with Crippen molar-refractivity contribution >= 4 is 38.2 Å². The van der Waals surface area contributed by atoms with Gasteiger partial charge in [0.05, 0.1) is 30.3 Å². The SMILES string of the molecule is CCOC(=O)c1c(NC(=O)c2ccc(S(=O)(=O)N(CCOC)CCOC)cc2)sc2c1CCN(CC)C2. The first kappa shape index (κ1) is 29.2. The number of thiophene rings is 1. The molecule has 10 nitrogen and oxygen atoms in total. The summed E-state index contributed by atoms with van der Waals surface area (Å²) in [4.78, 5) is 29.2. The van der Waals surface area contributed by atoms with Gasteiger partial charge in [-0.3, -0.25) is 9.69 Å². The quantitative estimate of drug-likeness (QED) is 0.377. The van der Waals surface area contributed by atoms with Gasteiger partial charge in [0.25, 0.3) is 5.91 Å². The number of benzene rings is 1. The van der Waals surface area contributed by atoms with Gasteiger partial charge in [0, 0.05) is 50.8 Å². The van der Waals surface area contributed by atoms with E-state index >= 15 is 0 Å². The molecule has 0 fully saturated rings. The Morgan fingerprint density at radius 2 is 1.73 bits per heavy atom. The molecule has 1 N–H and O–H groups in total. The number of likely N-dealkylation sites (N-methyl/N-ethyl adjacent to an activating group) is 1. The average Bonchev–Trinajstić information content (AvgIpc) is 3.25. The molecule has 0 aliphatic carbocycles. The lowest BCUT2D eigenvalue weighted by atomic mass is 10.0. The first-order valence-electron chi connectivity index (χ1n) is 12.2. The molecule has 0 radical (unpaired) electrons. The van der Waals surface area contributed by atoms with Crippen molar-refractivity contribution in [3.05, 3.63) is 45.8 Å². The van der Waals surface area contributed by atoms with Crippen LogP contribution < -0.4 is 5.32 Å². The molecule has 0 saturated carbocycles. The summed E-state index contributed by atoms with van der Waals surface area (Å²) in [6.45, 7) is 7.37. The Kier molecular flexibility index (Phi) is 10.6. The minimum atomic E-state index is -3.80. The van der Waals surface area contributed by atoms with Gasteiger partial charge in [-0.2, -0.15) is 4.31 Å². The van der Waals surface area contributed by atoms with Crippen molar-refractivity contribution in [3.8, 4) is 0 Å². The van der Waals surface area contributed by atoms with Crippen LogP contribution in [0.5, 0.6) is 0 Å². The normalized spacial score (nSPS) is 14.0. The lowest BCUT2D eigenvalue weighted by Gasteiger charge is -2.25. The summed E-state index contributed by atoms with van der Waals surface area (Å²) in [5, 5.41) is 3.31. The van der Waals surface area contributed by atoms with Gasteiger partial charge in [-0.15, -0.1) is 11.3 Å². The Bertz CT molecular complexity index is 1170. The Labute approximate surface area is 222 Å². The second-order valence-electron chi connectivity index (χ2n) is 8.42. The molecule has 2 aromatic rings. The monoisotopic (exact) mass is 553 g/mol. The number of carbonyl (C=O) groups excluding carboxylic acids is 2. The molecular weight excluding hydrogens is 518 g/mol. The van der Waals surface area contributed by atoms with Crippen LogP contribution in [0.4, 0.5) is 5.00 Å². The van der Waals surface area contributed by atoms with Crippen LogP contribution in [-0.4, -0.2) is 89.7 Å². The summed E-state index contributed by atoms with van der Waals surface area (Å²) in [6.07, 6.45) is 0.707. The van der Waals surface area contributed by atoms with Gasteiger partial charge in [-0.1, -0.05) is 6.92 Å². The second kappa shape index (κ2) is 13.4. The van der Waals surface area contributed by atoms with Crippen LogP contribution >= 0.6 is 11.3 Å². The summed E-state index contributed by atoms with van der Waals surface area (Å²) in [6, 6.07) is 5.73. The molecule has 37 heavy (non-hydrogen) atoms. The van der Waals surface area contributed by atoms with E-state index in [1.165, 1.54) is 54.1 Å². The maximum Gasteiger partial charge on any atom is 0.341 e. The number of rotatable bonds is 13. The number of hydrogen-bond acceptors (Lipinski definition) is 9. The summed E-state index contributed by atoms with van der Waals surface area (Å²) in [5.74, 6) is -0.884. The van der Waals surface area contributed by atoms with Crippen molar-refractivity contribution < 1.29 is 32.2 Å². The fraction of sp³-hybridized carbons (Fsp3) is 0.520. The first-order valence-corrected chi connectivity index (χ1v) is 14.5. The topological polar surface area (TPSA) is 114 Å². The molecule has 1 aromatic carbocycles. The first-order chi connectivity index (χ1) is 17.8. The van der Waals surface area contributed by atoms with Crippen LogP contribution in [0.25, 0.3) is 0 Å². The molecule has 1 aliphatic rings. The largest absolute Gasteiger partial charge is 0.462 e. The number of carbonyl (C=O) groups is 2. The minimum absolute atomic E-state index is 0.0645. The Morgan fingerprint density at radius 3 is 2.30 bits per heavy atom. The van der Waals surface area contributed by atoms with E-state index in [9.17, 15) is 18.0 Å². The number of ether oxygens (including phenoxy) is 3. The van der Waals surface area contributed by atoms with Gasteiger partial charge in [-0.25, -0.2) is 13.2 Å². The van der Waals surface area contributed by atoms with Crippen LogP contribution in [-0.2, 0) is 37.2 Å². The van der Waals surface area contributed by atoms with E-state index in [1.54, 1.807) is 6.92 Å². The molecular formula is C25H35N3O7S2. The average molecular weight is 554 g/mol. The molecule has 0 saturated heterocycles. The van der Waals surface area contributed by atoms with E-state index in [0.717, 1.165) is 23.5 Å². The van der Waals surface area contributed by atoms with Gasteiger partial charge >= 0.3 is 5.97 Å². The van der Waals surface area contributed by atoms with Crippen molar-refractivity contribution in [1.29, 1.82) is 0 Å². The molecule has 1 amide bonds. The van der Waals surface area contributed by atoms with Gasteiger partial charge in [0.15, 0.2) is 0 Å². The van der Waals surface area contributed by atoms with Crippen molar-refractivity contribution in [2.45, 2.75) is 31.7 Å². The highest BCUT2D eigenvalue weighted by molar-refractivity contribution is 7.89. The van der Waals surface area contributed by atoms with Crippen LogP contribution in [0.3, 0.4) is 0 Å². The minimum Gasteiger partial charge on any atom is -0.462 e. The van der Waals surface area contributed by atoms with E-state index in [0.29, 0.717) is 23.5 Å². The molecule has 12 heteroatoms. The highest BCUT2D eigenvalue weighted by Gasteiger charge is 2.30. The zero-order valence-corrected chi connectivity index (χ0v) is 23.4. The van der Waals surface area contributed by atoms with Gasteiger partial charge in [0.1, 0.15) is 5.00 Å². The third-order valence-corrected chi connectivity index (χ3v) is 9.18. The van der Waals surface area contributed by atoms with E-state index in [2.05, 4.69) is 17.1 Å². The Morgan fingerprint density at radius 1 is 1.08 bits per heavy atom. The van der Waals surface area contributed by atoms with Gasteiger partial charge in [-0.05, 0) is 49.7 Å². The van der Waals surface area contributed by atoms with Crippen LogP contribution in [0.1, 0.15) is 45.0 Å². The van der Waals surface area contributed by atoms with Crippen molar-refractivity contribution in [2.24, 2.45) is 0 Å². The molecule has 204 valence electrons. The van der Waals surface area contributed by atoms with Gasteiger partial charge in [0.2, 0.25) is 10.0 Å². The van der Waals surface area contributed by atoms with E-state index in [1.807, 2.05) is 0 Å². The third kappa shape index (κ3) is 6.95. The van der Waals surface area contributed by atoms with Crippen molar-refractivity contribution in [2.75, 3.05) is 65.5 Å². The number of esters is 1. The Balaban J connectivity index is 1.82. The standard InChI is InChI=1S/C25H35N3O7S2/c1-5-27-12-11-20-21(17-27)36-24(22(20)25(30)35-6-2)26-23(29)18-7-9-19(10-8-18)37(31,32)28(13-15-33-3)14-16-34-4/h7-10H,5-6,11-17H2,1-4H3,(H,26,29). The molecule has 3 rings (SSSR count). The predicted molar refractivity (Wildman–Crippen MR) is 142 cm³/mol. The van der Waals surface area contributed by atoms with E-state index in [-0.39, 0.29) is 43.4 Å². The maximum atomic E-state index is 13.1. The molecule has 0 atom stereocenters. The summed E-state index contributed by atoms with van der Waals surface area (Å²) < 4.78 is 42.9. The number of nitrogens with one attached hydrogen (secondary N) is 1. The zero-order valence-electron chi connectivity index (χ0n) is 21.7. The maximum absolute atomic E-state index is 13.1. The molecule has 0 unspecified atom stereocenters. The number of sulfonamides is 1. The van der Waals surface area contributed by atoms with Crippen molar-refractivity contribution in [1.82, 2.24) is 9.21 Å². The predicted octanol–water partition coefficient (Wildman–Crippen LogP) is 2.84. The number of methoxy groups -OCH3 is 2. The van der Waals surface area contributed by atoms with Gasteiger partial charge < -0.3 is 19.5 Å². The van der Waals surface area contributed by atoms with Crippen LogP contribution in [0.2, 0.25) is 0 Å². The lowest BCUT2D eigenvalue weighted by molar-refractivity contribution is 0.0526. The molecule has 1 aromatic heterocycles. The fourth-order valence-electron chi connectivity index (χ4n) is 4.07. The highest BCUT2D eigenvalue weighted by Crippen LogP contribution is 2.38. The zero-order chi connectivity index (χ0) is 27.0. The number of hydrogen-bond donors (Lipinski definition) is 1.